The fraction of sp³-hybridized carbons (Fsp3) is 0.222. The molecule has 3 aromatic rings. The maximum atomic E-state index is 13.0. The Morgan fingerprint density at radius 2 is 1.85 bits per heavy atom. The number of carbonyl (C=O) groups is 2. The lowest BCUT2D eigenvalue weighted by Gasteiger charge is -2.25. The Morgan fingerprint density at radius 1 is 1.12 bits per heavy atom. The number of amides is 2. The van der Waals surface area contributed by atoms with Crippen molar-refractivity contribution in [3.8, 4) is 0 Å². The molecule has 7 nitrogen and oxygen atoms in total. The number of aromatic nitrogens is 3. The molecule has 0 radical (unpaired) electrons. The molecule has 0 saturated carbocycles. The molecular weight excluding hydrogens is 337 g/mol. The van der Waals surface area contributed by atoms with Crippen molar-refractivity contribution in [1.82, 2.24) is 19.9 Å². The summed E-state index contributed by atoms with van der Waals surface area (Å²) in [5.41, 5.74) is 0.938. The highest BCUT2D eigenvalue weighted by Crippen LogP contribution is 2.22. The van der Waals surface area contributed by atoms with Gasteiger partial charge < -0.3 is 5.32 Å². The van der Waals surface area contributed by atoms with E-state index in [0.29, 0.717) is 5.65 Å². The molecule has 0 unspecified atom stereocenters. The van der Waals surface area contributed by atoms with Crippen LogP contribution in [-0.4, -0.2) is 33.0 Å². The summed E-state index contributed by atoms with van der Waals surface area (Å²) in [5.74, 6) is -1.92. The van der Waals surface area contributed by atoms with Crippen LogP contribution in [0.4, 0.5) is 10.3 Å². The quantitative estimate of drug-likeness (QED) is 0.700. The predicted molar refractivity (Wildman–Crippen MR) is 94.1 cm³/mol. The van der Waals surface area contributed by atoms with Gasteiger partial charge in [0.25, 0.3) is 0 Å². The van der Waals surface area contributed by atoms with Crippen LogP contribution in [0.2, 0.25) is 0 Å². The summed E-state index contributed by atoms with van der Waals surface area (Å²) < 4.78 is 14.5. The van der Waals surface area contributed by atoms with Gasteiger partial charge in [-0.05, 0) is 29.8 Å². The van der Waals surface area contributed by atoms with Gasteiger partial charge in [0.2, 0.25) is 5.95 Å². The van der Waals surface area contributed by atoms with Crippen LogP contribution in [0.5, 0.6) is 0 Å². The van der Waals surface area contributed by atoms with Crippen molar-refractivity contribution in [2.45, 2.75) is 19.3 Å². The molecule has 3 rings (SSSR count). The molecule has 0 aliphatic rings. The van der Waals surface area contributed by atoms with E-state index < -0.39 is 17.2 Å². The van der Waals surface area contributed by atoms with Crippen molar-refractivity contribution in [1.29, 1.82) is 0 Å². The molecule has 2 amide bonds. The van der Waals surface area contributed by atoms with E-state index >= 15 is 0 Å². The Labute approximate surface area is 149 Å². The van der Waals surface area contributed by atoms with Crippen LogP contribution in [0, 0.1) is 5.82 Å². The van der Waals surface area contributed by atoms with Crippen molar-refractivity contribution in [2.75, 3.05) is 11.9 Å². The first-order valence-corrected chi connectivity index (χ1v) is 8.02. The summed E-state index contributed by atoms with van der Waals surface area (Å²) >= 11 is 0. The first-order valence-electron chi connectivity index (χ1n) is 8.02. The maximum Gasteiger partial charge on any atom is 0.316 e. The number of nitrogens with one attached hydrogen (secondary N) is 2. The Morgan fingerprint density at radius 3 is 2.54 bits per heavy atom. The van der Waals surface area contributed by atoms with Crippen molar-refractivity contribution in [3.63, 3.8) is 0 Å². The van der Waals surface area contributed by atoms with Crippen molar-refractivity contribution >= 4 is 23.4 Å². The van der Waals surface area contributed by atoms with E-state index in [1.54, 1.807) is 36.5 Å². The van der Waals surface area contributed by atoms with E-state index in [4.69, 9.17) is 0 Å². The molecule has 0 aliphatic heterocycles. The number of benzene rings is 1. The average Bonchev–Trinajstić information content (AvgIpc) is 3.02. The number of rotatable bonds is 4. The second kappa shape index (κ2) is 6.91. The van der Waals surface area contributed by atoms with Gasteiger partial charge in [-0.25, -0.2) is 8.91 Å². The zero-order valence-electron chi connectivity index (χ0n) is 14.4. The van der Waals surface area contributed by atoms with Crippen LogP contribution < -0.4 is 10.6 Å². The van der Waals surface area contributed by atoms with Gasteiger partial charge in [0.05, 0.1) is 0 Å². The first kappa shape index (κ1) is 17.5. The van der Waals surface area contributed by atoms with E-state index in [1.807, 2.05) is 13.8 Å². The Bertz CT molecular complexity index is 917. The maximum absolute atomic E-state index is 13.0. The molecule has 2 N–H and O–H groups in total. The first-order chi connectivity index (χ1) is 12.3. The van der Waals surface area contributed by atoms with E-state index in [-0.39, 0.29) is 18.3 Å². The fourth-order valence-corrected chi connectivity index (χ4v) is 2.43. The van der Waals surface area contributed by atoms with E-state index in [1.165, 1.54) is 16.6 Å². The molecule has 2 heterocycles. The summed E-state index contributed by atoms with van der Waals surface area (Å²) in [4.78, 5) is 28.2. The normalized spacial score (nSPS) is 11.3. The topological polar surface area (TPSA) is 88.4 Å². The van der Waals surface area contributed by atoms with Crippen LogP contribution in [0.15, 0.2) is 48.7 Å². The molecule has 0 bridgehead atoms. The van der Waals surface area contributed by atoms with Gasteiger partial charge in [-0.15, -0.1) is 5.10 Å². The minimum Gasteiger partial charge on any atom is -0.347 e. The number of hydrogen-bond donors (Lipinski definition) is 2. The third kappa shape index (κ3) is 3.85. The molecule has 8 heteroatoms. The average molecular weight is 355 g/mol. The number of fused-ring (bicyclic) bond motifs is 1. The molecule has 26 heavy (non-hydrogen) atoms. The number of anilines is 1. The Balaban J connectivity index is 1.60. The number of pyridine rings is 1. The molecule has 0 aliphatic carbocycles. The smallest absolute Gasteiger partial charge is 0.316 e. The van der Waals surface area contributed by atoms with E-state index in [2.05, 4.69) is 20.7 Å². The highest BCUT2D eigenvalue weighted by atomic mass is 19.1. The summed E-state index contributed by atoms with van der Waals surface area (Å²) in [6.45, 7) is 3.99. The Hall–Kier alpha value is -3.29. The highest BCUT2D eigenvalue weighted by Gasteiger charge is 2.24. The predicted octanol–water partition coefficient (Wildman–Crippen LogP) is 1.90. The van der Waals surface area contributed by atoms with Crippen molar-refractivity contribution in [2.24, 2.45) is 0 Å². The van der Waals surface area contributed by atoms with Crippen LogP contribution in [0.25, 0.3) is 5.65 Å². The van der Waals surface area contributed by atoms with Gasteiger partial charge in [0.1, 0.15) is 5.82 Å². The van der Waals surface area contributed by atoms with E-state index in [9.17, 15) is 14.0 Å². The SMILES string of the molecule is CC(C)(CNC(=O)C(=O)Nc1nc2ccccn2n1)c1ccc(F)cc1. The molecule has 0 spiro atoms. The molecule has 0 saturated heterocycles. The second-order valence-corrected chi connectivity index (χ2v) is 6.47. The van der Waals surface area contributed by atoms with Crippen molar-refractivity contribution in [3.05, 3.63) is 60.0 Å². The minimum atomic E-state index is -0.851. The van der Waals surface area contributed by atoms with Crippen LogP contribution >= 0.6 is 0 Å². The number of halogens is 1. The third-order valence-electron chi connectivity index (χ3n) is 3.99. The number of nitrogens with zero attached hydrogens (tertiary/aromatic N) is 3. The van der Waals surface area contributed by atoms with Crippen LogP contribution in [-0.2, 0) is 15.0 Å². The van der Waals surface area contributed by atoms with Gasteiger partial charge >= 0.3 is 11.8 Å². The van der Waals surface area contributed by atoms with Crippen LogP contribution in [0.1, 0.15) is 19.4 Å². The van der Waals surface area contributed by atoms with Crippen LogP contribution in [0.3, 0.4) is 0 Å². The van der Waals surface area contributed by atoms with Gasteiger partial charge in [0, 0.05) is 18.2 Å². The minimum absolute atomic E-state index is 0.0501. The summed E-state index contributed by atoms with van der Waals surface area (Å²) in [6, 6.07) is 11.3. The standard InChI is InChI=1S/C18H18FN5O2/c1-18(2,12-6-8-13(19)9-7-12)11-20-15(25)16(26)22-17-21-14-5-3-4-10-24(14)23-17/h3-10H,11H2,1-2H3,(H,20,25)(H,22,23,26). The zero-order chi connectivity index (χ0) is 18.7. The molecule has 134 valence electrons. The van der Waals surface area contributed by atoms with Gasteiger partial charge in [0.15, 0.2) is 5.65 Å². The summed E-state index contributed by atoms with van der Waals surface area (Å²) in [7, 11) is 0. The highest BCUT2D eigenvalue weighted by molar-refractivity contribution is 6.39. The monoisotopic (exact) mass is 355 g/mol. The Kier molecular flexibility index (Phi) is 4.66. The van der Waals surface area contributed by atoms with Gasteiger partial charge in [-0.2, -0.15) is 4.98 Å². The lowest BCUT2D eigenvalue weighted by Crippen LogP contribution is -2.42. The number of hydrogen-bond acceptors (Lipinski definition) is 4. The largest absolute Gasteiger partial charge is 0.347 e. The zero-order valence-corrected chi connectivity index (χ0v) is 14.4. The van der Waals surface area contributed by atoms with Crippen molar-refractivity contribution < 1.29 is 14.0 Å². The summed E-state index contributed by atoms with van der Waals surface area (Å²) in [5, 5.41) is 9.01. The fourth-order valence-electron chi connectivity index (χ4n) is 2.43. The molecule has 0 atom stereocenters. The van der Waals surface area contributed by atoms with Gasteiger partial charge in [-0.3, -0.25) is 14.9 Å². The second-order valence-electron chi connectivity index (χ2n) is 6.47. The van der Waals surface area contributed by atoms with Gasteiger partial charge in [-0.1, -0.05) is 32.0 Å². The van der Waals surface area contributed by atoms with E-state index in [0.717, 1.165) is 5.56 Å². The third-order valence-corrected chi connectivity index (χ3v) is 3.99. The molecule has 1 aromatic carbocycles. The summed E-state index contributed by atoms with van der Waals surface area (Å²) in [6.07, 6.45) is 1.68. The molecule has 0 fully saturated rings. The lowest BCUT2D eigenvalue weighted by atomic mass is 9.84. The molecule has 2 aromatic heterocycles. The number of carbonyl (C=O) groups excluding carboxylic acids is 2. The lowest BCUT2D eigenvalue weighted by molar-refractivity contribution is -0.136. The molecular formula is C18H18FN5O2.